The highest BCUT2D eigenvalue weighted by Gasteiger charge is 2.20. The molecule has 1 saturated heterocycles. The van der Waals surface area contributed by atoms with Crippen LogP contribution in [0.5, 0.6) is 17.2 Å². The summed E-state index contributed by atoms with van der Waals surface area (Å²) in [4.78, 5) is 16.3. The highest BCUT2D eigenvalue weighted by Crippen LogP contribution is 2.38. The number of fused-ring (bicyclic) bond motifs is 1. The number of ketones is 1. The molecule has 2 heterocycles. The molecule has 0 aliphatic carbocycles. The molecule has 2 aliphatic rings. The third-order valence-electron chi connectivity index (χ3n) is 5.22. The SMILES string of the molecule is COc1ccc(/C=C/C(=O)c2cc3c(cc2OCCN2CCOCC2)OCCS3)cc1. The number of morpholine rings is 1. The van der Waals surface area contributed by atoms with E-state index in [1.165, 1.54) is 0 Å². The van der Waals surface area contributed by atoms with Gasteiger partial charge in [0.05, 0.1) is 37.4 Å². The Morgan fingerprint density at radius 1 is 1.16 bits per heavy atom. The van der Waals surface area contributed by atoms with Crippen molar-refractivity contribution in [3.63, 3.8) is 0 Å². The van der Waals surface area contributed by atoms with E-state index in [-0.39, 0.29) is 5.78 Å². The minimum Gasteiger partial charge on any atom is -0.497 e. The predicted octanol–water partition coefficient (Wildman–Crippen LogP) is 3.79. The summed E-state index contributed by atoms with van der Waals surface area (Å²) >= 11 is 1.70. The summed E-state index contributed by atoms with van der Waals surface area (Å²) < 4.78 is 22.4. The van der Waals surface area contributed by atoms with Crippen LogP contribution in [0.15, 0.2) is 47.4 Å². The number of benzene rings is 2. The Hall–Kier alpha value is -2.48. The second-order valence-corrected chi connectivity index (χ2v) is 8.40. The number of rotatable bonds is 8. The van der Waals surface area contributed by atoms with E-state index in [0.717, 1.165) is 60.6 Å². The van der Waals surface area contributed by atoms with Gasteiger partial charge in [0.15, 0.2) is 5.78 Å². The lowest BCUT2D eigenvalue weighted by molar-refractivity contribution is 0.0322. The van der Waals surface area contributed by atoms with Crippen molar-refractivity contribution in [3.05, 3.63) is 53.6 Å². The summed E-state index contributed by atoms with van der Waals surface area (Å²) in [5, 5.41) is 0. The minimum atomic E-state index is -0.0915. The molecule has 0 aromatic heterocycles. The summed E-state index contributed by atoms with van der Waals surface area (Å²) in [6.45, 7) is 5.29. The van der Waals surface area contributed by atoms with E-state index in [9.17, 15) is 4.79 Å². The number of thioether (sulfide) groups is 1. The van der Waals surface area contributed by atoms with Gasteiger partial charge in [-0.2, -0.15) is 0 Å². The van der Waals surface area contributed by atoms with Crippen LogP contribution < -0.4 is 14.2 Å². The van der Waals surface area contributed by atoms with Crippen molar-refractivity contribution >= 4 is 23.6 Å². The summed E-state index contributed by atoms with van der Waals surface area (Å²) in [6, 6.07) is 11.3. The van der Waals surface area contributed by atoms with E-state index in [0.29, 0.717) is 24.5 Å². The highest BCUT2D eigenvalue weighted by molar-refractivity contribution is 7.99. The van der Waals surface area contributed by atoms with E-state index in [4.69, 9.17) is 18.9 Å². The molecular formula is C24H27NO5S. The Morgan fingerprint density at radius 3 is 2.74 bits per heavy atom. The van der Waals surface area contributed by atoms with Gasteiger partial charge in [-0.25, -0.2) is 0 Å². The Morgan fingerprint density at radius 2 is 1.97 bits per heavy atom. The Labute approximate surface area is 187 Å². The minimum absolute atomic E-state index is 0.0915. The summed E-state index contributed by atoms with van der Waals surface area (Å²) in [6.07, 6.45) is 3.40. The van der Waals surface area contributed by atoms with E-state index in [1.54, 1.807) is 24.9 Å². The number of hydrogen-bond donors (Lipinski definition) is 0. The fourth-order valence-electron chi connectivity index (χ4n) is 3.47. The van der Waals surface area contributed by atoms with Gasteiger partial charge in [-0.05, 0) is 29.8 Å². The molecule has 7 heteroatoms. The van der Waals surface area contributed by atoms with Crippen LogP contribution in [0, 0.1) is 0 Å². The predicted molar refractivity (Wildman–Crippen MR) is 122 cm³/mol. The molecular weight excluding hydrogens is 414 g/mol. The molecule has 0 amide bonds. The van der Waals surface area contributed by atoms with Crippen LogP contribution in [0.1, 0.15) is 15.9 Å². The first kappa shape index (κ1) is 21.7. The van der Waals surface area contributed by atoms with Crippen LogP contribution in [-0.2, 0) is 4.74 Å². The molecule has 2 aromatic rings. The van der Waals surface area contributed by atoms with Gasteiger partial charge in [0, 0.05) is 31.5 Å². The van der Waals surface area contributed by atoms with E-state index < -0.39 is 0 Å². The van der Waals surface area contributed by atoms with Crippen molar-refractivity contribution in [1.82, 2.24) is 4.90 Å². The van der Waals surface area contributed by atoms with Gasteiger partial charge in [-0.3, -0.25) is 9.69 Å². The van der Waals surface area contributed by atoms with Crippen LogP contribution in [0.3, 0.4) is 0 Å². The van der Waals surface area contributed by atoms with Crippen LogP contribution in [0.25, 0.3) is 6.08 Å². The van der Waals surface area contributed by atoms with Gasteiger partial charge in [0.2, 0.25) is 0 Å². The van der Waals surface area contributed by atoms with Gasteiger partial charge in [-0.1, -0.05) is 18.2 Å². The lowest BCUT2D eigenvalue weighted by Gasteiger charge is -2.26. The Balaban J connectivity index is 1.49. The summed E-state index contributed by atoms with van der Waals surface area (Å²) in [7, 11) is 1.63. The van der Waals surface area contributed by atoms with Crippen molar-refractivity contribution in [2.45, 2.75) is 4.90 Å². The van der Waals surface area contributed by atoms with E-state index >= 15 is 0 Å². The van der Waals surface area contributed by atoms with Crippen molar-refractivity contribution in [1.29, 1.82) is 0 Å². The van der Waals surface area contributed by atoms with Crippen LogP contribution >= 0.6 is 11.8 Å². The molecule has 164 valence electrons. The quantitative estimate of drug-likeness (QED) is 0.456. The Kier molecular flexibility index (Phi) is 7.51. The lowest BCUT2D eigenvalue weighted by Crippen LogP contribution is -2.38. The average molecular weight is 442 g/mol. The van der Waals surface area contributed by atoms with Gasteiger partial charge in [0.1, 0.15) is 23.9 Å². The number of hydrogen-bond acceptors (Lipinski definition) is 7. The maximum atomic E-state index is 13.0. The van der Waals surface area contributed by atoms with Crippen LogP contribution in [0.2, 0.25) is 0 Å². The van der Waals surface area contributed by atoms with E-state index in [1.807, 2.05) is 42.5 Å². The normalized spacial score (nSPS) is 16.5. The number of carbonyl (C=O) groups excluding carboxylic acids is 1. The van der Waals surface area contributed by atoms with Gasteiger partial charge in [-0.15, -0.1) is 11.8 Å². The first-order valence-electron chi connectivity index (χ1n) is 10.5. The zero-order valence-electron chi connectivity index (χ0n) is 17.7. The molecule has 0 saturated carbocycles. The molecule has 31 heavy (non-hydrogen) atoms. The number of nitrogens with zero attached hydrogens (tertiary/aromatic N) is 1. The third-order valence-corrected chi connectivity index (χ3v) is 6.22. The number of allylic oxidation sites excluding steroid dienone is 1. The molecule has 6 nitrogen and oxygen atoms in total. The summed E-state index contributed by atoms with van der Waals surface area (Å²) in [5.41, 5.74) is 1.49. The van der Waals surface area contributed by atoms with Crippen molar-refractivity contribution in [2.24, 2.45) is 0 Å². The monoisotopic (exact) mass is 441 g/mol. The molecule has 0 atom stereocenters. The second-order valence-electron chi connectivity index (χ2n) is 7.27. The molecule has 0 bridgehead atoms. The second kappa shape index (κ2) is 10.7. The highest BCUT2D eigenvalue weighted by atomic mass is 32.2. The molecule has 0 unspecified atom stereocenters. The fourth-order valence-corrected chi connectivity index (χ4v) is 4.32. The van der Waals surface area contributed by atoms with Crippen LogP contribution in [-0.4, -0.2) is 69.6 Å². The number of methoxy groups -OCH3 is 1. The topological polar surface area (TPSA) is 57.2 Å². The Bertz CT molecular complexity index is 922. The fraction of sp³-hybridized carbons (Fsp3) is 0.375. The average Bonchev–Trinajstić information content (AvgIpc) is 2.83. The third kappa shape index (κ3) is 5.81. The van der Waals surface area contributed by atoms with E-state index in [2.05, 4.69) is 4.90 Å². The van der Waals surface area contributed by atoms with Crippen molar-refractivity contribution in [3.8, 4) is 17.2 Å². The lowest BCUT2D eigenvalue weighted by atomic mass is 10.1. The standard InChI is InChI=1S/C24H27NO5S/c1-27-19-5-2-18(3-6-19)4-7-21(26)20-16-24-23(30-14-15-31-24)17-22(20)29-13-10-25-8-11-28-12-9-25/h2-7,16-17H,8-15H2,1H3/b7-4+. The van der Waals surface area contributed by atoms with Gasteiger partial charge < -0.3 is 18.9 Å². The molecule has 0 N–H and O–H groups in total. The number of ether oxygens (including phenoxy) is 4. The molecule has 2 aliphatic heterocycles. The first-order chi connectivity index (χ1) is 15.2. The summed E-state index contributed by atoms with van der Waals surface area (Å²) in [5.74, 6) is 2.92. The van der Waals surface area contributed by atoms with Crippen molar-refractivity contribution < 1.29 is 23.7 Å². The largest absolute Gasteiger partial charge is 0.497 e. The zero-order valence-corrected chi connectivity index (χ0v) is 18.5. The van der Waals surface area contributed by atoms with Gasteiger partial charge in [0.25, 0.3) is 0 Å². The van der Waals surface area contributed by atoms with Crippen LogP contribution in [0.4, 0.5) is 0 Å². The van der Waals surface area contributed by atoms with Gasteiger partial charge >= 0.3 is 0 Å². The molecule has 0 radical (unpaired) electrons. The maximum Gasteiger partial charge on any atom is 0.189 e. The molecule has 0 spiro atoms. The van der Waals surface area contributed by atoms with Crippen molar-refractivity contribution in [2.75, 3.05) is 58.9 Å². The zero-order chi connectivity index (χ0) is 21.5. The maximum absolute atomic E-state index is 13.0. The molecule has 4 rings (SSSR count). The molecule has 2 aromatic carbocycles. The first-order valence-corrected chi connectivity index (χ1v) is 11.4. The smallest absolute Gasteiger partial charge is 0.189 e. The molecule has 1 fully saturated rings. The number of carbonyl (C=O) groups is 1.